The summed E-state index contributed by atoms with van der Waals surface area (Å²) in [6.07, 6.45) is 0. The zero-order valence-corrected chi connectivity index (χ0v) is 9.23. The van der Waals surface area contributed by atoms with Crippen LogP contribution in [0.4, 0.5) is 0 Å². The number of ether oxygens (including phenoxy) is 1. The number of rotatable bonds is 2. The molecule has 1 heterocycles. The summed E-state index contributed by atoms with van der Waals surface area (Å²) in [6.45, 7) is 0. The van der Waals surface area contributed by atoms with Crippen molar-refractivity contribution in [1.82, 2.24) is 0 Å². The van der Waals surface area contributed by atoms with E-state index in [-0.39, 0.29) is 5.76 Å². The summed E-state index contributed by atoms with van der Waals surface area (Å²) in [6, 6.07) is 12.0. The number of carbonyl (C=O) groups is 1. The Kier molecular flexibility index (Phi) is 2.87. The molecule has 0 aliphatic carbocycles. The maximum Gasteiger partial charge on any atom is 0.379 e. The highest BCUT2D eigenvalue weighted by molar-refractivity contribution is 9.10. The Bertz CT molecular complexity index is 462. The molecule has 0 saturated carbocycles. The van der Waals surface area contributed by atoms with Crippen LogP contribution in [-0.4, -0.2) is 5.97 Å². The molecule has 0 spiro atoms. The van der Waals surface area contributed by atoms with E-state index in [1.165, 1.54) is 0 Å². The molecule has 0 aliphatic rings. The first kappa shape index (κ1) is 9.98. The molecule has 0 saturated heterocycles. The third-order valence-electron chi connectivity index (χ3n) is 1.73. The third kappa shape index (κ3) is 2.47. The molecular weight excluding hydrogens is 260 g/mol. The minimum absolute atomic E-state index is 0.172. The van der Waals surface area contributed by atoms with Crippen molar-refractivity contribution in [3.05, 3.63) is 52.9 Å². The molecule has 0 atom stereocenters. The van der Waals surface area contributed by atoms with Crippen molar-refractivity contribution in [3.63, 3.8) is 0 Å². The normalized spacial score (nSPS) is 9.93. The molecule has 2 rings (SSSR count). The lowest BCUT2D eigenvalue weighted by Gasteiger charge is -2.00. The van der Waals surface area contributed by atoms with Gasteiger partial charge in [0, 0.05) is 0 Å². The van der Waals surface area contributed by atoms with Crippen LogP contribution in [0.15, 0.2) is 51.6 Å². The average Bonchev–Trinajstić information content (AvgIpc) is 2.66. The molecule has 76 valence electrons. The smallest absolute Gasteiger partial charge is 0.379 e. The Morgan fingerprint density at radius 1 is 1.13 bits per heavy atom. The van der Waals surface area contributed by atoms with Gasteiger partial charge in [-0.3, -0.25) is 0 Å². The van der Waals surface area contributed by atoms with Gasteiger partial charge in [0.15, 0.2) is 4.67 Å². The number of hydrogen-bond donors (Lipinski definition) is 0. The maximum atomic E-state index is 11.5. The van der Waals surface area contributed by atoms with E-state index < -0.39 is 5.97 Å². The number of esters is 1. The van der Waals surface area contributed by atoms with Crippen LogP contribution in [-0.2, 0) is 0 Å². The van der Waals surface area contributed by atoms with Crippen molar-refractivity contribution in [2.75, 3.05) is 0 Å². The topological polar surface area (TPSA) is 39.4 Å². The van der Waals surface area contributed by atoms with Crippen LogP contribution in [0.2, 0.25) is 0 Å². The zero-order valence-electron chi connectivity index (χ0n) is 7.64. The number of benzene rings is 1. The first-order valence-corrected chi connectivity index (χ1v) is 5.07. The standard InChI is InChI=1S/C11H7BrO3/c12-10-7-6-9(15-10)11(13)14-8-4-2-1-3-5-8/h1-7H. The molecular formula is C11H7BrO3. The molecule has 0 aliphatic heterocycles. The second kappa shape index (κ2) is 4.31. The van der Waals surface area contributed by atoms with Gasteiger partial charge in [0.1, 0.15) is 5.75 Å². The van der Waals surface area contributed by atoms with Gasteiger partial charge in [-0.2, -0.15) is 0 Å². The van der Waals surface area contributed by atoms with Crippen LogP contribution >= 0.6 is 15.9 Å². The quantitative estimate of drug-likeness (QED) is 0.619. The minimum Gasteiger partial charge on any atom is -0.442 e. The van der Waals surface area contributed by atoms with E-state index in [0.717, 1.165) is 0 Å². The summed E-state index contributed by atoms with van der Waals surface area (Å²) in [5.74, 6) is 0.160. The van der Waals surface area contributed by atoms with Crippen LogP contribution < -0.4 is 4.74 Å². The Morgan fingerprint density at radius 3 is 2.47 bits per heavy atom. The average molecular weight is 267 g/mol. The first-order valence-electron chi connectivity index (χ1n) is 4.28. The fourth-order valence-electron chi connectivity index (χ4n) is 1.07. The summed E-state index contributed by atoms with van der Waals surface area (Å²) in [7, 11) is 0. The van der Waals surface area contributed by atoms with Gasteiger partial charge >= 0.3 is 5.97 Å². The highest BCUT2D eigenvalue weighted by Crippen LogP contribution is 2.16. The largest absolute Gasteiger partial charge is 0.442 e. The lowest BCUT2D eigenvalue weighted by molar-refractivity contribution is 0.0700. The number of hydrogen-bond acceptors (Lipinski definition) is 3. The van der Waals surface area contributed by atoms with Crippen molar-refractivity contribution in [1.29, 1.82) is 0 Å². The van der Waals surface area contributed by atoms with Crippen LogP contribution in [0.5, 0.6) is 5.75 Å². The monoisotopic (exact) mass is 266 g/mol. The minimum atomic E-state index is -0.507. The van der Waals surface area contributed by atoms with E-state index >= 15 is 0 Å². The second-order valence-corrected chi connectivity index (χ2v) is 3.59. The van der Waals surface area contributed by atoms with Crippen molar-refractivity contribution in [2.45, 2.75) is 0 Å². The highest BCUT2D eigenvalue weighted by atomic mass is 79.9. The fraction of sp³-hybridized carbons (Fsp3) is 0. The van der Waals surface area contributed by atoms with E-state index in [1.807, 2.05) is 6.07 Å². The van der Waals surface area contributed by atoms with Crippen LogP contribution in [0.3, 0.4) is 0 Å². The van der Waals surface area contributed by atoms with Gasteiger partial charge in [0.2, 0.25) is 5.76 Å². The van der Waals surface area contributed by atoms with Crippen LogP contribution in [0.25, 0.3) is 0 Å². The van der Waals surface area contributed by atoms with Crippen molar-refractivity contribution >= 4 is 21.9 Å². The number of furan rings is 1. The van der Waals surface area contributed by atoms with E-state index in [0.29, 0.717) is 10.4 Å². The third-order valence-corrected chi connectivity index (χ3v) is 2.15. The van der Waals surface area contributed by atoms with E-state index in [4.69, 9.17) is 9.15 Å². The molecule has 1 aromatic heterocycles. The molecule has 15 heavy (non-hydrogen) atoms. The Labute approximate surface area is 94.8 Å². The van der Waals surface area contributed by atoms with Gasteiger partial charge in [-0.05, 0) is 40.2 Å². The SMILES string of the molecule is O=C(Oc1ccccc1)c1ccc(Br)o1. The van der Waals surface area contributed by atoms with Gasteiger partial charge in [-0.15, -0.1) is 0 Å². The molecule has 0 bridgehead atoms. The molecule has 3 nitrogen and oxygen atoms in total. The maximum absolute atomic E-state index is 11.5. The van der Waals surface area contributed by atoms with E-state index in [9.17, 15) is 4.79 Å². The lowest BCUT2D eigenvalue weighted by atomic mass is 10.3. The molecule has 4 heteroatoms. The summed E-state index contributed by atoms with van der Waals surface area (Å²) < 4.78 is 10.6. The first-order chi connectivity index (χ1) is 7.25. The molecule has 0 N–H and O–H groups in total. The number of para-hydroxylation sites is 1. The Balaban J connectivity index is 2.11. The fourth-order valence-corrected chi connectivity index (χ4v) is 1.38. The van der Waals surface area contributed by atoms with Crippen molar-refractivity contribution in [3.8, 4) is 5.75 Å². The van der Waals surface area contributed by atoms with Crippen LogP contribution in [0.1, 0.15) is 10.6 Å². The molecule has 0 fully saturated rings. The van der Waals surface area contributed by atoms with Gasteiger partial charge in [0.05, 0.1) is 0 Å². The molecule has 0 radical (unpaired) electrons. The zero-order chi connectivity index (χ0) is 10.7. The van der Waals surface area contributed by atoms with Gasteiger partial charge in [-0.1, -0.05) is 18.2 Å². The highest BCUT2D eigenvalue weighted by Gasteiger charge is 2.12. The van der Waals surface area contributed by atoms with Crippen molar-refractivity contribution < 1.29 is 13.9 Å². The predicted octanol–water partition coefficient (Wildman–Crippen LogP) is 3.26. The predicted molar refractivity (Wildman–Crippen MR) is 57.8 cm³/mol. The van der Waals surface area contributed by atoms with E-state index in [1.54, 1.807) is 36.4 Å². The molecule has 2 aromatic rings. The van der Waals surface area contributed by atoms with Gasteiger partial charge in [-0.25, -0.2) is 4.79 Å². The molecule has 1 aromatic carbocycles. The van der Waals surface area contributed by atoms with Crippen molar-refractivity contribution in [2.24, 2.45) is 0 Å². The number of halogens is 1. The second-order valence-electron chi connectivity index (χ2n) is 2.81. The molecule has 0 unspecified atom stereocenters. The summed E-state index contributed by atoms with van der Waals surface area (Å²) in [4.78, 5) is 11.5. The number of carbonyl (C=O) groups excluding carboxylic acids is 1. The Hall–Kier alpha value is -1.55. The van der Waals surface area contributed by atoms with Crippen LogP contribution in [0, 0.1) is 0 Å². The van der Waals surface area contributed by atoms with E-state index in [2.05, 4.69) is 15.9 Å². The lowest BCUT2D eigenvalue weighted by Crippen LogP contribution is -2.06. The van der Waals surface area contributed by atoms with Gasteiger partial charge in [0.25, 0.3) is 0 Å². The summed E-state index contributed by atoms with van der Waals surface area (Å²) in [5.41, 5.74) is 0. The van der Waals surface area contributed by atoms with Gasteiger partial charge < -0.3 is 9.15 Å². The molecule has 0 amide bonds. The Morgan fingerprint density at radius 2 is 1.87 bits per heavy atom. The summed E-state index contributed by atoms with van der Waals surface area (Å²) >= 11 is 3.11. The summed E-state index contributed by atoms with van der Waals surface area (Å²) in [5, 5.41) is 0.